The zero-order chi connectivity index (χ0) is 41.5. The molecule has 5 aromatic carbocycles. The molecule has 2 unspecified atom stereocenters. The molecule has 0 saturated carbocycles. The SMILES string of the molecule is C.CC(C)(C)c1ccc(C([18F])COc2ncnc3ccccc23)cc1.Cc1ccc(S(=O)(=O)OC(COc2ncnc3ccccc23)c2ccc(C(C)(C)C)cc2)cc1. The number of halogens is 1. The molecule has 0 N–H and O–H groups in total. The number of aryl methyl sites for hydroxylation is 1. The van der Waals surface area contributed by atoms with Crippen molar-refractivity contribution in [1.82, 2.24) is 19.9 Å². The second kappa shape index (κ2) is 18.9. The lowest BCUT2D eigenvalue weighted by molar-refractivity contribution is 0.133. The smallest absolute Gasteiger partial charge is 0.297 e. The lowest BCUT2D eigenvalue weighted by Gasteiger charge is -2.22. The Morgan fingerprint density at radius 1 is 0.576 bits per heavy atom. The van der Waals surface area contributed by atoms with Crippen LogP contribution in [0.15, 0.2) is 139 Å². The first-order chi connectivity index (χ1) is 27.6. The van der Waals surface area contributed by atoms with Gasteiger partial charge in [-0.2, -0.15) is 8.42 Å². The molecule has 0 radical (unpaired) electrons. The summed E-state index contributed by atoms with van der Waals surface area (Å²) in [5.74, 6) is 0.785. The predicted molar refractivity (Wildman–Crippen MR) is 233 cm³/mol. The normalized spacial score (nSPS) is 12.8. The number of hydrogen-bond donors (Lipinski definition) is 0. The highest BCUT2D eigenvalue weighted by Gasteiger charge is 2.26. The third kappa shape index (κ3) is 11.5. The average molecular weight is 816 g/mol. The molecule has 0 aliphatic rings. The molecule has 59 heavy (non-hydrogen) atoms. The van der Waals surface area contributed by atoms with Gasteiger partial charge >= 0.3 is 0 Å². The number of hydrogen-bond acceptors (Lipinski definition) is 9. The van der Waals surface area contributed by atoms with Gasteiger partial charge in [-0.05, 0) is 76.4 Å². The molecule has 0 aliphatic carbocycles. The van der Waals surface area contributed by atoms with Crippen molar-refractivity contribution in [3.8, 4) is 11.8 Å². The number of fused-ring (bicyclic) bond motifs is 2. The van der Waals surface area contributed by atoms with Crippen molar-refractivity contribution in [3.05, 3.63) is 162 Å². The fraction of sp³-hybridized carbons (Fsp3) is 0.292. The molecule has 2 heterocycles. The first-order valence-corrected chi connectivity index (χ1v) is 20.5. The van der Waals surface area contributed by atoms with E-state index in [0.29, 0.717) is 22.9 Å². The minimum absolute atomic E-state index is 0. The summed E-state index contributed by atoms with van der Waals surface area (Å²) in [6.07, 6.45) is 0.791. The van der Waals surface area contributed by atoms with Crippen LogP contribution in [-0.4, -0.2) is 41.6 Å². The van der Waals surface area contributed by atoms with Crippen LogP contribution >= 0.6 is 0 Å². The monoisotopic (exact) mass is 815 g/mol. The summed E-state index contributed by atoms with van der Waals surface area (Å²) in [6.45, 7) is 14.6. The Labute approximate surface area is 347 Å². The maximum atomic E-state index is 14.5. The van der Waals surface area contributed by atoms with Crippen LogP contribution in [0.5, 0.6) is 11.8 Å². The van der Waals surface area contributed by atoms with Crippen molar-refractivity contribution in [3.63, 3.8) is 0 Å². The molecule has 11 heteroatoms. The van der Waals surface area contributed by atoms with Gasteiger partial charge in [0.05, 0.1) is 26.7 Å². The van der Waals surface area contributed by atoms with Crippen LogP contribution in [-0.2, 0) is 25.1 Å². The Hall–Kier alpha value is -5.78. The van der Waals surface area contributed by atoms with Gasteiger partial charge in [-0.25, -0.2) is 24.3 Å². The number of para-hydroxylation sites is 2. The Morgan fingerprint density at radius 3 is 1.49 bits per heavy atom. The van der Waals surface area contributed by atoms with Crippen molar-refractivity contribution in [2.45, 2.75) is 83.9 Å². The molecule has 2 atom stereocenters. The third-order valence-electron chi connectivity index (χ3n) is 9.59. The third-order valence-corrected chi connectivity index (χ3v) is 10.9. The number of ether oxygens (including phenoxy) is 2. The van der Waals surface area contributed by atoms with E-state index in [1.807, 2.05) is 104 Å². The number of benzene rings is 5. The van der Waals surface area contributed by atoms with E-state index >= 15 is 0 Å². The zero-order valence-electron chi connectivity index (χ0n) is 33.9. The van der Waals surface area contributed by atoms with E-state index in [1.54, 1.807) is 24.3 Å². The van der Waals surface area contributed by atoms with Gasteiger partial charge in [0.2, 0.25) is 11.8 Å². The number of rotatable bonds is 11. The zero-order valence-corrected chi connectivity index (χ0v) is 34.7. The number of aromatic nitrogens is 4. The van der Waals surface area contributed by atoms with Gasteiger partial charge in [-0.1, -0.05) is 139 Å². The summed E-state index contributed by atoms with van der Waals surface area (Å²) in [7, 11) is -4.02. The molecule has 0 amide bonds. The molecular weight excluding hydrogens is 763 g/mol. The highest BCUT2D eigenvalue weighted by molar-refractivity contribution is 7.86. The van der Waals surface area contributed by atoms with Crippen LogP contribution in [0, 0.1) is 6.92 Å². The summed E-state index contributed by atoms with van der Waals surface area (Å²) < 4.78 is 57.9. The Bertz CT molecular complexity index is 2540. The van der Waals surface area contributed by atoms with E-state index in [4.69, 9.17) is 13.7 Å². The molecular formula is C48H53FN4O5S. The lowest BCUT2D eigenvalue weighted by atomic mass is 9.86. The van der Waals surface area contributed by atoms with Gasteiger partial charge in [0.25, 0.3) is 10.1 Å². The van der Waals surface area contributed by atoms with Crippen molar-refractivity contribution >= 4 is 31.9 Å². The van der Waals surface area contributed by atoms with E-state index in [0.717, 1.165) is 32.9 Å². The van der Waals surface area contributed by atoms with E-state index in [1.165, 1.54) is 18.2 Å². The molecule has 0 bridgehead atoms. The first-order valence-electron chi connectivity index (χ1n) is 19.1. The van der Waals surface area contributed by atoms with Crippen LogP contribution in [0.4, 0.5) is 4.39 Å². The van der Waals surface area contributed by atoms with Crippen LogP contribution in [0.2, 0.25) is 0 Å². The van der Waals surface area contributed by atoms with Gasteiger partial charge in [0.1, 0.15) is 32.0 Å². The molecule has 0 saturated heterocycles. The molecule has 9 nitrogen and oxygen atoms in total. The molecule has 0 aliphatic heterocycles. The van der Waals surface area contributed by atoms with Gasteiger partial charge in [-0.15, -0.1) is 0 Å². The van der Waals surface area contributed by atoms with Gasteiger partial charge in [0.15, 0.2) is 6.17 Å². The predicted octanol–water partition coefficient (Wildman–Crippen LogP) is 11.4. The van der Waals surface area contributed by atoms with Crippen LogP contribution in [0.3, 0.4) is 0 Å². The van der Waals surface area contributed by atoms with Crippen LogP contribution in [0.1, 0.15) is 89.1 Å². The highest BCUT2D eigenvalue weighted by atomic mass is 32.2. The highest BCUT2D eigenvalue weighted by Crippen LogP contribution is 2.31. The Morgan fingerprint density at radius 2 is 1.02 bits per heavy atom. The molecule has 2 aromatic heterocycles. The topological polar surface area (TPSA) is 113 Å². The van der Waals surface area contributed by atoms with Crippen molar-refractivity contribution in [1.29, 1.82) is 0 Å². The average Bonchev–Trinajstić information content (AvgIpc) is 3.21. The van der Waals surface area contributed by atoms with Crippen molar-refractivity contribution in [2.75, 3.05) is 13.2 Å². The first kappa shape index (κ1) is 44.3. The summed E-state index contributed by atoms with van der Waals surface area (Å²) in [5, 5.41) is 1.53. The van der Waals surface area contributed by atoms with E-state index in [-0.39, 0.29) is 36.4 Å². The quantitative estimate of drug-likeness (QED) is 0.118. The summed E-state index contributed by atoms with van der Waals surface area (Å²) >= 11 is 0. The van der Waals surface area contributed by atoms with Gasteiger partial charge in [-0.3, -0.25) is 4.18 Å². The molecule has 7 rings (SSSR count). The number of nitrogens with zero attached hydrogens (tertiary/aromatic N) is 4. The molecule has 0 spiro atoms. The minimum atomic E-state index is -4.02. The molecule has 308 valence electrons. The second-order valence-corrected chi connectivity index (χ2v) is 17.6. The van der Waals surface area contributed by atoms with Crippen molar-refractivity contribution in [2.24, 2.45) is 0 Å². The van der Waals surface area contributed by atoms with E-state index in [2.05, 4.69) is 61.5 Å². The summed E-state index contributed by atoms with van der Waals surface area (Å²) in [4.78, 5) is 16.9. The standard InChI is InChI=1S/C27H28N2O4S.C20H21FN2O.CH4/c1-19-9-15-22(16-10-19)34(30,31)33-25(20-11-13-21(14-12-20)27(2,3)4)17-32-26-23-7-5-6-8-24(23)28-18-29-26;1-20(2,3)15-10-8-14(9-11-15)17(21)12-24-19-16-6-4-5-7-18(16)22-13-23-19;/h5-16,18,25H,17H2,1-4H3;4-11,13,17H,12H2,1-3H3;1H4/i;21-1;. The van der Waals surface area contributed by atoms with Crippen LogP contribution in [0.25, 0.3) is 21.8 Å². The van der Waals surface area contributed by atoms with Crippen LogP contribution < -0.4 is 9.47 Å². The fourth-order valence-corrected chi connectivity index (χ4v) is 7.13. The number of alkyl halides is 1. The summed E-state index contributed by atoms with van der Waals surface area (Å²) in [6, 6.07) is 36.9. The maximum absolute atomic E-state index is 14.5. The van der Waals surface area contributed by atoms with Gasteiger partial charge in [0, 0.05) is 0 Å². The fourth-order valence-electron chi connectivity index (χ4n) is 6.08. The molecule has 0 fully saturated rings. The second-order valence-electron chi connectivity index (χ2n) is 16.1. The maximum Gasteiger partial charge on any atom is 0.297 e. The van der Waals surface area contributed by atoms with Crippen molar-refractivity contribution < 1.29 is 26.5 Å². The minimum Gasteiger partial charge on any atom is -0.474 e. The molecule has 7 aromatic rings. The van der Waals surface area contributed by atoms with E-state index in [9.17, 15) is 12.8 Å². The van der Waals surface area contributed by atoms with E-state index < -0.39 is 22.4 Å². The Balaban J connectivity index is 0.000000233. The summed E-state index contributed by atoms with van der Waals surface area (Å²) in [5.41, 5.74) is 6.15. The lowest BCUT2D eigenvalue weighted by Crippen LogP contribution is -2.19. The Kier molecular flexibility index (Phi) is 14.2. The van der Waals surface area contributed by atoms with Gasteiger partial charge < -0.3 is 9.47 Å². The largest absolute Gasteiger partial charge is 0.474 e.